The number of nitrogens with zero attached hydrogens (tertiary/aromatic N) is 1. The highest BCUT2D eigenvalue weighted by molar-refractivity contribution is 5.79. The Bertz CT molecular complexity index is 623. The molecule has 6 heteroatoms. The summed E-state index contributed by atoms with van der Waals surface area (Å²) < 4.78 is 17.3. The van der Waals surface area contributed by atoms with Gasteiger partial charge in [-0.25, -0.2) is 4.99 Å². The Hall–Kier alpha value is -1.63. The number of aliphatic imine (C=N–C) groups is 1. The lowest BCUT2D eigenvalue weighted by Crippen LogP contribution is -2.45. The summed E-state index contributed by atoms with van der Waals surface area (Å²) in [5, 5.41) is 6.76. The summed E-state index contributed by atoms with van der Waals surface area (Å²) in [7, 11) is 0. The molecule has 0 saturated carbocycles. The highest BCUT2D eigenvalue weighted by Gasteiger charge is 2.29. The van der Waals surface area contributed by atoms with Gasteiger partial charge < -0.3 is 24.8 Å². The van der Waals surface area contributed by atoms with Crippen molar-refractivity contribution in [2.45, 2.75) is 64.4 Å². The molecule has 2 heterocycles. The van der Waals surface area contributed by atoms with Crippen LogP contribution in [0.15, 0.2) is 29.3 Å². The molecule has 0 aliphatic carbocycles. The number of hydrogen-bond donors (Lipinski definition) is 2. The summed E-state index contributed by atoms with van der Waals surface area (Å²) in [6.07, 6.45) is 4.52. The lowest BCUT2D eigenvalue weighted by Gasteiger charge is -2.24. The van der Waals surface area contributed by atoms with Crippen molar-refractivity contribution in [1.82, 2.24) is 10.6 Å². The minimum atomic E-state index is -0.0857. The van der Waals surface area contributed by atoms with E-state index in [1.807, 2.05) is 0 Å². The molecule has 2 saturated heterocycles. The lowest BCUT2D eigenvalue weighted by molar-refractivity contribution is -0.0390. The monoisotopic (exact) mass is 389 g/mol. The second-order valence-electron chi connectivity index (χ2n) is 7.89. The van der Waals surface area contributed by atoms with E-state index in [2.05, 4.69) is 48.7 Å². The van der Waals surface area contributed by atoms with E-state index in [1.54, 1.807) is 0 Å². The van der Waals surface area contributed by atoms with Crippen LogP contribution in [0, 0.1) is 0 Å². The molecule has 0 amide bonds. The first-order valence-corrected chi connectivity index (χ1v) is 10.6. The molecule has 1 aromatic carbocycles. The van der Waals surface area contributed by atoms with E-state index >= 15 is 0 Å². The minimum absolute atomic E-state index is 0.0857. The third-order valence-electron chi connectivity index (χ3n) is 5.34. The number of rotatable bonds is 8. The molecule has 3 rings (SSSR count). The van der Waals surface area contributed by atoms with Crippen molar-refractivity contribution in [2.24, 2.45) is 4.99 Å². The fourth-order valence-electron chi connectivity index (χ4n) is 3.63. The van der Waals surface area contributed by atoms with Crippen LogP contribution >= 0.6 is 0 Å². The normalized spacial score (nSPS) is 23.7. The zero-order valence-electron chi connectivity index (χ0n) is 17.3. The zero-order chi connectivity index (χ0) is 19.7. The maximum Gasteiger partial charge on any atom is 0.191 e. The maximum absolute atomic E-state index is 6.04. The summed E-state index contributed by atoms with van der Waals surface area (Å²) >= 11 is 0. The Labute approximate surface area is 169 Å². The van der Waals surface area contributed by atoms with Crippen LogP contribution in [0.1, 0.15) is 50.7 Å². The largest absolute Gasteiger partial charge is 0.381 e. The molecule has 2 N–H and O–H groups in total. The molecule has 0 spiro atoms. The van der Waals surface area contributed by atoms with Gasteiger partial charge in [-0.2, -0.15) is 0 Å². The van der Waals surface area contributed by atoms with Crippen LogP contribution in [0.4, 0.5) is 0 Å². The van der Waals surface area contributed by atoms with E-state index in [1.165, 1.54) is 11.1 Å². The van der Waals surface area contributed by atoms with Crippen molar-refractivity contribution in [1.29, 1.82) is 0 Å². The number of guanidine groups is 1. The van der Waals surface area contributed by atoms with E-state index < -0.39 is 0 Å². The maximum atomic E-state index is 6.04. The van der Waals surface area contributed by atoms with E-state index in [0.717, 1.165) is 64.6 Å². The fourth-order valence-corrected chi connectivity index (χ4v) is 3.63. The Kier molecular flexibility index (Phi) is 8.13. The van der Waals surface area contributed by atoms with Gasteiger partial charge in [-0.3, -0.25) is 0 Å². The van der Waals surface area contributed by atoms with Crippen molar-refractivity contribution in [3.05, 3.63) is 35.4 Å². The van der Waals surface area contributed by atoms with Crippen molar-refractivity contribution in [2.75, 3.05) is 32.9 Å². The molecule has 1 unspecified atom stereocenters. The van der Waals surface area contributed by atoms with Crippen molar-refractivity contribution >= 4 is 5.96 Å². The van der Waals surface area contributed by atoms with Gasteiger partial charge in [0.2, 0.25) is 0 Å². The standard InChI is InChI=1S/C22H35N3O3/c1-3-23-21(25-17-22(2)10-5-11-28-22)24-15-18-6-4-7-19(14-18)16-27-20-8-12-26-13-9-20/h4,6-7,14,20H,3,5,8-13,15-17H2,1-2H3,(H2,23,24,25). The number of ether oxygens (including phenoxy) is 3. The first-order chi connectivity index (χ1) is 13.7. The van der Waals surface area contributed by atoms with Crippen molar-refractivity contribution < 1.29 is 14.2 Å². The summed E-state index contributed by atoms with van der Waals surface area (Å²) in [4.78, 5) is 4.75. The van der Waals surface area contributed by atoms with Crippen LogP contribution < -0.4 is 10.6 Å². The quantitative estimate of drug-likeness (QED) is 0.529. The second kappa shape index (κ2) is 10.8. The predicted octanol–water partition coefficient (Wildman–Crippen LogP) is 3.01. The molecule has 156 valence electrons. The van der Waals surface area contributed by atoms with Crippen LogP contribution in [0.2, 0.25) is 0 Å². The first-order valence-electron chi connectivity index (χ1n) is 10.6. The van der Waals surface area contributed by atoms with Gasteiger partial charge in [0.15, 0.2) is 5.96 Å². The first kappa shape index (κ1) is 21.1. The van der Waals surface area contributed by atoms with Crippen molar-refractivity contribution in [3.8, 4) is 0 Å². The average Bonchev–Trinajstić information content (AvgIpc) is 3.16. The van der Waals surface area contributed by atoms with Gasteiger partial charge >= 0.3 is 0 Å². The van der Waals surface area contributed by atoms with Gasteiger partial charge in [0.05, 0.1) is 24.9 Å². The molecule has 2 aliphatic heterocycles. The van der Waals surface area contributed by atoms with Crippen LogP contribution in [0.3, 0.4) is 0 Å². The second-order valence-corrected chi connectivity index (χ2v) is 7.89. The third-order valence-corrected chi connectivity index (χ3v) is 5.34. The Morgan fingerprint density at radius 2 is 2.04 bits per heavy atom. The van der Waals surface area contributed by atoms with Gasteiger partial charge in [0, 0.05) is 32.9 Å². The van der Waals surface area contributed by atoms with Crippen LogP contribution in [0.5, 0.6) is 0 Å². The minimum Gasteiger partial charge on any atom is -0.381 e. The van der Waals surface area contributed by atoms with E-state index in [4.69, 9.17) is 19.2 Å². The molecule has 2 aliphatic rings. The number of nitrogens with one attached hydrogen (secondary N) is 2. The van der Waals surface area contributed by atoms with Crippen LogP contribution in [-0.2, 0) is 27.4 Å². The zero-order valence-corrected chi connectivity index (χ0v) is 17.3. The predicted molar refractivity (Wildman–Crippen MR) is 111 cm³/mol. The Morgan fingerprint density at radius 3 is 2.79 bits per heavy atom. The SMILES string of the molecule is CCNC(=NCc1cccc(COC2CCOCC2)c1)NCC1(C)CCCO1. The van der Waals surface area contributed by atoms with E-state index in [0.29, 0.717) is 19.3 Å². The van der Waals surface area contributed by atoms with Gasteiger partial charge in [-0.05, 0) is 50.7 Å². The highest BCUT2D eigenvalue weighted by Crippen LogP contribution is 2.23. The van der Waals surface area contributed by atoms with Crippen molar-refractivity contribution in [3.63, 3.8) is 0 Å². The lowest BCUT2D eigenvalue weighted by atomic mass is 10.0. The Balaban J connectivity index is 1.51. The van der Waals surface area contributed by atoms with E-state index in [-0.39, 0.29) is 5.60 Å². The topological polar surface area (TPSA) is 64.1 Å². The summed E-state index contributed by atoms with van der Waals surface area (Å²) in [5.41, 5.74) is 2.30. The van der Waals surface area contributed by atoms with Gasteiger partial charge in [0.25, 0.3) is 0 Å². The molecule has 0 bridgehead atoms. The van der Waals surface area contributed by atoms with E-state index in [9.17, 15) is 0 Å². The molecule has 2 fully saturated rings. The molecule has 28 heavy (non-hydrogen) atoms. The number of benzene rings is 1. The molecule has 1 aromatic rings. The summed E-state index contributed by atoms with van der Waals surface area (Å²) in [6, 6.07) is 8.51. The molecular formula is C22H35N3O3. The molecular weight excluding hydrogens is 354 g/mol. The van der Waals surface area contributed by atoms with Gasteiger partial charge in [-0.15, -0.1) is 0 Å². The molecule has 0 radical (unpaired) electrons. The van der Waals surface area contributed by atoms with Crippen LogP contribution in [-0.4, -0.2) is 50.6 Å². The van der Waals surface area contributed by atoms with Gasteiger partial charge in [-0.1, -0.05) is 24.3 Å². The third kappa shape index (κ3) is 6.76. The number of hydrogen-bond acceptors (Lipinski definition) is 4. The highest BCUT2D eigenvalue weighted by atomic mass is 16.5. The van der Waals surface area contributed by atoms with Gasteiger partial charge in [0.1, 0.15) is 0 Å². The Morgan fingerprint density at radius 1 is 1.21 bits per heavy atom. The molecule has 1 atom stereocenters. The smallest absolute Gasteiger partial charge is 0.191 e. The van der Waals surface area contributed by atoms with Crippen LogP contribution in [0.25, 0.3) is 0 Å². The molecule has 6 nitrogen and oxygen atoms in total. The molecule has 0 aromatic heterocycles. The summed E-state index contributed by atoms with van der Waals surface area (Å²) in [5.74, 6) is 0.836. The average molecular weight is 390 g/mol. The summed E-state index contributed by atoms with van der Waals surface area (Å²) in [6.45, 7) is 9.62. The fraction of sp³-hybridized carbons (Fsp3) is 0.682.